The monoisotopic (exact) mass is 477 g/mol. The second-order valence-electron chi connectivity index (χ2n) is 8.25. The molecule has 1 aromatic carbocycles. The molecule has 1 heterocycles. The maximum atomic E-state index is 13.6. The van der Waals surface area contributed by atoms with Crippen LogP contribution in [-0.2, 0) is 4.74 Å². The van der Waals surface area contributed by atoms with Crippen molar-refractivity contribution >= 4 is 11.8 Å². The van der Waals surface area contributed by atoms with E-state index in [0.717, 1.165) is 10.8 Å². The number of carbonyl (C=O) groups excluding carboxylic acids is 2. The molecule has 2 aromatic rings. The van der Waals surface area contributed by atoms with E-state index in [1.54, 1.807) is 29.2 Å². The number of rotatable bonds is 11. The van der Waals surface area contributed by atoms with Gasteiger partial charge in [0.15, 0.2) is 0 Å². The van der Waals surface area contributed by atoms with E-state index in [1.807, 2.05) is 32.7 Å². The normalized spacial score (nSPS) is 12.1. The van der Waals surface area contributed by atoms with Gasteiger partial charge in [-0.2, -0.15) is 4.39 Å². The van der Waals surface area contributed by atoms with Crippen LogP contribution in [0.25, 0.3) is 0 Å². The fraction of sp³-hybridized carbons (Fsp3) is 0.478. The summed E-state index contributed by atoms with van der Waals surface area (Å²) >= 11 is 0. The lowest BCUT2D eigenvalue weighted by atomic mass is 10.0. The van der Waals surface area contributed by atoms with Gasteiger partial charge in [-0.05, 0) is 46.4 Å². The van der Waals surface area contributed by atoms with E-state index in [2.05, 4.69) is 5.32 Å². The third-order valence-corrected chi connectivity index (χ3v) is 5.10. The molecular weight excluding hydrogens is 445 g/mol. The molecule has 1 atom stereocenters. The van der Waals surface area contributed by atoms with Crippen molar-refractivity contribution in [3.8, 4) is 0 Å². The Morgan fingerprint density at radius 3 is 2.35 bits per heavy atom. The first kappa shape index (κ1) is 26.9. The highest BCUT2D eigenvalue weighted by atomic mass is 19.1. The second kappa shape index (κ2) is 12.2. The molecule has 0 aliphatic heterocycles. The average Bonchev–Trinajstić information content (AvgIpc) is 2.77. The van der Waals surface area contributed by atoms with E-state index in [1.165, 1.54) is 0 Å². The van der Waals surface area contributed by atoms with Crippen LogP contribution in [0, 0.1) is 5.82 Å². The summed E-state index contributed by atoms with van der Waals surface area (Å²) in [5, 5.41) is 2.69. The smallest absolute Gasteiger partial charge is 0.330 e. The Morgan fingerprint density at radius 1 is 1.15 bits per heavy atom. The molecular formula is C23H32FN5O5. The highest BCUT2D eigenvalue weighted by Gasteiger charge is 2.25. The van der Waals surface area contributed by atoms with Crippen LogP contribution in [-0.4, -0.2) is 58.0 Å². The van der Waals surface area contributed by atoms with E-state index >= 15 is 0 Å². The van der Waals surface area contributed by atoms with Crippen molar-refractivity contribution in [3.63, 3.8) is 0 Å². The molecule has 10 nitrogen and oxygen atoms in total. The number of aromatic nitrogens is 2. The topological polar surface area (TPSA) is 140 Å². The third kappa shape index (κ3) is 6.61. The molecule has 1 unspecified atom stereocenters. The van der Waals surface area contributed by atoms with Crippen LogP contribution >= 0.6 is 0 Å². The van der Waals surface area contributed by atoms with Gasteiger partial charge in [0.1, 0.15) is 6.23 Å². The lowest BCUT2D eigenvalue weighted by Gasteiger charge is -2.31. The fourth-order valence-corrected chi connectivity index (χ4v) is 3.65. The van der Waals surface area contributed by atoms with E-state index < -0.39 is 29.2 Å². The Balaban J connectivity index is 2.08. The minimum absolute atomic E-state index is 0.0240. The van der Waals surface area contributed by atoms with Crippen LogP contribution in [0.1, 0.15) is 61.1 Å². The van der Waals surface area contributed by atoms with Gasteiger partial charge in [0, 0.05) is 25.0 Å². The zero-order valence-electron chi connectivity index (χ0n) is 19.8. The van der Waals surface area contributed by atoms with Crippen LogP contribution in [0.5, 0.6) is 0 Å². The summed E-state index contributed by atoms with van der Waals surface area (Å²) in [6, 6.07) is 6.47. The molecule has 2 amide bonds. The number of aromatic amines is 1. The van der Waals surface area contributed by atoms with Crippen molar-refractivity contribution in [2.75, 3.05) is 19.7 Å². The molecule has 0 spiro atoms. The number of hydrogen-bond donors (Lipinski definition) is 3. The van der Waals surface area contributed by atoms with Gasteiger partial charge < -0.3 is 20.7 Å². The van der Waals surface area contributed by atoms with E-state index in [0.29, 0.717) is 5.56 Å². The number of nitrogens with one attached hydrogen (secondary N) is 2. The number of benzene rings is 1. The Kier molecular flexibility index (Phi) is 9.69. The van der Waals surface area contributed by atoms with Crippen molar-refractivity contribution in [3.05, 3.63) is 68.2 Å². The predicted molar refractivity (Wildman–Crippen MR) is 125 cm³/mol. The zero-order chi connectivity index (χ0) is 25.4. The molecule has 0 saturated heterocycles. The molecule has 0 fully saturated rings. The zero-order valence-corrected chi connectivity index (χ0v) is 19.8. The van der Waals surface area contributed by atoms with Crippen molar-refractivity contribution in [2.24, 2.45) is 5.73 Å². The number of carbonyl (C=O) groups is 2. The molecule has 4 N–H and O–H groups in total. The number of H-pyrrole nitrogens is 1. The summed E-state index contributed by atoms with van der Waals surface area (Å²) in [6.45, 7) is 7.82. The van der Waals surface area contributed by atoms with E-state index in [4.69, 9.17) is 10.5 Å². The van der Waals surface area contributed by atoms with Crippen LogP contribution in [0.2, 0.25) is 0 Å². The minimum Gasteiger partial charge on any atom is -0.356 e. The van der Waals surface area contributed by atoms with Crippen molar-refractivity contribution in [2.45, 2.75) is 52.4 Å². The predicted octanol–water partition coefficient (Wildman–Crippen LogP) is 1.23. The molecule has 34 heavy (non-hydrogen) atoms. The first-order chi connectivity index (χ1) is 16.1. The number of amides is 2. The van der Waals surface area contributed by atoms with Crippen LogP contribution in [0.3, 0.4) is 0 Å². The van der Waals surface area contributed by atoms with Crippen molar-refractivity contribution in [1.82, 2.24) is 19.8 Å². The van der Waals surface area contributed by atoms with Gasteiger partial charge in [-0.1, -0.05) is 12.1 Å². The van der Waals surface area contributed by atoms with Crippen molar-refractivity contribution < 1.29 is 18.7 Å². The SMILES string of the molecule is CC(C)N(C(=O)c1ccccc1C(=O)NCCOC(CCN)n1cc(F)c(=O)[nH]c1=O)C(C)C. The summed E-state index contributed by atoms with van der Waals surface area (Å²) in [6.07, 6.45) is 0.00822. The van der Waals surface area contributed by atoms with Gasteiger partial charge in [0.05, 0.1) is 23.9 Å². The molecule has 11 heteroatoms. The van der Waals surface area contributed by atoms with Gasteiger partial charge in [-0.15, -0.1) is 0 Å². The standard InChI is InChI=1S/C23H32FN5O5/c1-14(2)29(15(3)4)22(32)17-8-6-5-7-16(17)20(30)26-11-12-34-19(9-10-25)28-13-18(24)21(31)27-23(28)33/h5-8,13-15,19H,9-12,25H2,1-4H3,(H,26,30)(H,27,31,33). The highest BCUT2D eigenvalue weighted by Crippen LogP contribution is 2.16. The highest BCUT2D eigenvalue weighted by molar-refractivity contribution is 6.07. The number of nitrogens with zero attached hydrogens (tertiary/aromatic N) is 2. The maximum Gasteiger partial charge on any atom is 0.330 e. The number of nitrogens with two attached hydrogens (primary N) is 1. The van der Waals surface area contributed by atoms with E-state index in [9.17, 15) is 23.6 Å². The Hall–Kier alpha value is -3.31. The molecule has 0 bridgehead atoms. The molecule has 0 aliphatic rings. The summed E-state index contributed by atoms with van der Waals surface area (Å²) in [5.74, 6) is -1.83. The first-order valence-electron chi connectivity index (χ1n) is 11.1. The number of halogens is 1. The maximum absolute atomic E-state index is 13.6. The quantitative estimate of drug-likeness (QED) is 0.416. The van der Waals surface area contributed by atoms with Crippen LogP contribution < -0.4 is 22.3 Å². The molecule has 186 valence electrons. The first-order valence-corrected chi connectivity index (χ1v) is 11.1. The molecule has 1 aromatic heterocycles. The largest absolute Gasteiger partial charge is 0.356 e. The molecule has 0 radical (unpaired) electrons. The Bertz CT molecular complexity index is 1100. The lowest BCUT2D eigenvalue weighted by Crippen LogP contribution is -2.43. The third-order valence-electron chi connectivity index (χ3n) is 5.10. The summed E-state index contributed by atoms with van der Waals surface area (Å²) in [4.78, 5) is 52.7. The van der Waals surface area contributed by atoms with Gasteiger partial charge >= 0.3 is 5.69 Å². The van der Waals surface area contributed by atoms with Gasteiger partial charge in [0.25, 0.3) is 17.4 Å². The molecule has 0 aliphatic carbocycles. The minimum atomic E-state index is -1.13. The van der Waals surface area contributed by atoms with E-state index in [-0.39, 0.29) is 49.7 Å². The van der Waals surface area contributed by atoms with Gasteiger partial charge in [-0.3, -0.25) is 23.9 Å². The number of ether oxygens (including phenoxy) is 1. The van der Waals surface area contributed by atoms with Gasteiger partial charge in [0.2, 0.25) is 5.82 Å². The van der Waals surface area contributed by atoms with Crippen LogP contribution in [0.15, 0.2) is 40.1 Å². The molecule has 2 rings (SSSR count). The number of hydrogen-bond acceptors (Lipinski definition) is 6. The fourth-order valence-electron chi connectivity index (χ4n) is 3.65. The Labute approximate surface area is 196 Å². The summed E-state index contributed by atoms with van der Waals surface area (Å²) in [5.41, 5.74) is 4.13. The summed E-state index contributed by atoms with van der Waals surface area (Å²) < 4.78 is 20.1. The average molecular weight is 478 g/mol. The molecule has 0 saturated carbocycles. The van der Waals surface area contributed by atoms with Crippen LogP contribution in [0.4, 0.5) is 4.39 Å². The van der Waals surface area contributed by atoms with Gasteiger partial charge in [-0.25, -0.2) is 4.79 Å². The lowest BCUT2D eigenvalue weighted by molar-refractivity contribution is -0.00370. The second-order valence-corrected chi connectivity index (χ2v) is 8.25. The Morgan fingerprint density at radius 2 is 1.76 bits per heavy atom. The van der Waals surface area contributed by atoms with Crippen molar-refractivity contribution in [1.29, 1.82) is 0 Å². The summed E-state index contributed by atoms with van der Waals surface area (Å²) in [7, 11) is 0.